The number of benzene rings is 1. The zero-order chi connectivity index (χ0) is 12.8. The zero-order valence-electron chi connectivity index (χ0n) is 9.93. The van der Waals surface area contributed by atoms with Crippen LogP contribution in [-0.4, -0.2) is 37.2 Å². The molecule has 2 rings (SSSR count). The summed E-state index contributed by atoms with van der Waals surface area (Å²) in [5.74, 6) is 0. The molecule has 0 spiro atoms. The number of ether oxygens (including phenoxy) is 1. The predicted molar refractivity (Wildman–Crippen MR) is 71.4 cm³/mol. The third kappa shape index (κ3) is 3.75. The van der Waals surface area contributed by atoms with Crippen LogP contribution < -0.4 is 5.32 Å². The third-order valence-corrected chi connectivity index (χ3v) is 2.86. The molecule has 1 fully saturated rings. The van der Waals surface area contributed by atoms with E-state index in [-0.39, 0.29) is 6.03 Å². The van der Waals surface area contributed by atoms with E-state index in [0.29, 0.717) is 31.3 Å². The summed E-state index contributed by atoms with van der Waals surface area (Å²) in [4.78, 5) is 13.5. The van der Waals surface area contributed by atoms with Crippen molar-refractivity contribution >= 4 is 23.7 Å². The van der Waals surface area contributed by atoms with Gasteiger partial charge in [0, 0.05) is 24.3 Å². The van der Waals surface area contributed by atoms with E-state index < -0.39 is 0 Å². The first-order valence-electron chi connectivity index (χ1n) is 5.81. The second-order valence-corrected chi connectivity index (χ2v) is 4.37. The summed E-state index contributed by atoms with van der Waals surface area (Å²) in [6.45, 7) is 2.48. The van der Waals surface area contributed by atoms with Crippen molar-refractivity contribution in [3.05, 3.63) is 41.1 Å². The molecule has 1 N–H and O–H groups in total. The molecule has 1 aliphatic heterocycles. The number of rotatable bonds is 2. The van der Waals surface area contributed by atoms with Gasteiger partial charge in [0.25, 0.3) is 0 Å². The van der Waals surface area contributed by atoms with Gasteiger partial charge in [-0.25, -0.2) is 4.79 Å². The van der Waals surface area contributed by atoms with E-state index in [1.54, 1.807) is 11.1 Å². The van der Waals surface area contributed by atoms with Gasteiger partial charge in [-0.15, -0.1) is 0 Å². The van der Waals surface area contributed by atoms with Crippen molar-refractivity contribution in [2.45, 2.75) is 0 Å². The highest BCUT2D eigenvalue weighted by Crippen LogP contribution is 2.11. The lowest BCUT2D eigenvalue weighted by atomic mass is 10.2. The Morgan fingerprint density at radius 2 is 2.17 bits per heavy atom. The summed E-state index contributed by atoms with van der Waals surface area (Å²) in [7, 11) is 0. The Morgan fingerprint density at radius 3 is 2.89 bits per heavy atom. The molecule has 1 saturated heterocycles. The van der Waals surface area contributed by atoms with Gasteiger partial charge in [-0.3, -0.25) is 0 Å². The minimum atomic E-state index is -0.100. The molecule has 0 aromatic heterocycles. The summed E-state index contributed by atoms with van der Waals surface area (Å²) >= 11 is 5.86. The maximum Gasteiger partial charge on any atom is 0.321 e. The number of amides is 2. The van der Waals surface area contributed by atoms with E-state index in [4.69, 9.17) is 16.3 Å². The van der Waals surface area contributed by atoms with Crippen LogP contribution in [0, 0.1) is 0 Å². The summed E-state index contributed by atoms with van der Waals surface area (Å²) in [5.41, 5.74) is 0.949. The van der Waals surface area contributed by atoms with Crippen molar-refractivity contribution < 1.29 is 9.53 Å². The molecule has 0 radical (unpaired) electrons. The number of halogens is 1. The van der Waals surface area contributed by atoms with Crippen LogP contribution in [0.15, 0.2) is 30.5 Å². The van der Waals surface area contributed by atoms with Crippen molar-refractivity contribution in [1.29, 1.82) is 0 Å². The lowest BCUT2D eigenvalue weighted by Gasteiger charge is -2.26. The Kier molecular flexibility index (Phi) is 4.61. The van der Waals surface area contributed by atoms with E-state index in [0.717, 1.165) is 5.56 Å². The van der Waals surface area contributed by atoms with E-state index in [2.05, 4.69) is 5.32 Å². The quantitative estimate of drug-likeness (QED) is 0.893. The standard InChI is InChI=1S/C13H15ClN2O2/c14-12-3-1-2-11(10-12)4-5-15-13(17)16-6-8-18-9-7-16/h1-5,10H,6-9H2,(H,15,17)/b5-4+. The fourth-order valence-electron chi connectivity index (χ4n) is 1.68. The smallest absolute Gasteiger partial charge is 0.321 e. The number of carbonyl (C=O) groups is 1. The van der Waals surface area contributed by atoms with Gasteiger partial charge in [0.15, 0.2) is 0 Å². The van der Waals surface area contributed by atoms with E-state index >= 15 is 0 Å². The molecule has 96 valence electrons. The van der Waals surface area contributed by atoms with Gasteiger partial charge < -0.3 is 15.0 Å². The van der Waals surface area contributed by atoms with Crippen LogP contribution in [0.4, 0.5) is 4.79 Å². The minimum absolute atomic E-state index is 0.100. The molecule has 18 heavy (non-hydrogen) atoms. The number of hydrogen-bond acceptors (Lipinski definition) is 2. The first kappa shape index (κ1) is 12.9. The maximum atomic E-state index is 11.7. The topological polar surface area (TPSA) is 41.6 Å². The second kappa shape index (κ2) is 6.42. The molecule has 1 heterocycles. The predicted octanol–water partition coefficient (Wildman–Crippen LogP) is 2.35. The van der Waals surface area contributed by atoms with Crippen molar-refractivity contribution in [1.82, 2.24) is 10.2 Å². The van der Waals surface area contributed by atoms with E-state index in [9.17, 15) is 4.79 Å². The molecule has 0 aliphatic carbocycles. The van der Waals surface area contributed by atoms with Crippen molar-refractivity contribution in [3.63, 3.8) is 0 Å². The molecule has 2 amide bonds. The summed E-state index contributed by atoms with van der Waals surface area (Å²) in [5, 5.41) is 3.41. The van der Waals surface area contributed by atoms with Gasteiger partial charge in [0.2, 0.25) is 0 Å². The number of urea groups is 1. The Balaban J connectivity index is 1.85. The molecule has 0 saturated carbocycles. The summed E-state index contributed by atoms with van der Waals surface area (Å²) < 4.78 is 5.18. The normalized spacial score (nSPS) is 15.9. The van der Waals surface area contributed by atoms with Crippen molar-refractivity contribution in [2.75, 3.05) is 26.3 Å². The van der Waals surface area contributed by atoms with Crippen molar-refractivity contribution in [2.24, 2.45) is 0 Å². The van der Waals surface area contributed by atoms with Crippen LogP contribution in [0.25, 0.3) is 6.08 Å². The fraction of sp³-hybridized carbons (Fsp3) is 0.308. The highest BCUT2D eigenvalue weighted by atomic mass is 35.5. The Labute approximate surface area is 111 Å². The van der Waals surface area contributed by atoms with Gasteiger partial charge >= 0.3 is 6.03 Å². The van der Waals surface area contributed by atoms with Gasteiger partial charge in [-0.05, 0) is 23.8 Å². The Morgan fingerprint density at radius 1 is 1.39 bits per heavy atom. The first-order chi connectivity index (χ1) is 8.75. The third-order valence-electron chi connectivity index (χ3n) is 2.63. The lowest BCUT2D eigenvalue weighted by Crippen LogP contribution is -2.44. The van der Waals surface area contributed by atoms with Crippen molar-refractivity contribution in [3.8, 4) is 0 Å². The van der Waals surface area contributed by atoms with Crippen LogP contribution in [0.5, 0.6) is 0 Å². The van der Waals surface area contributed by atoms with Gasteiger partial charge in [-0.1, -0.05) is 23.7 Å². The second-order valence-electron chi connectivity index (χ2n) is 3.94. The molecule has 5 heteroatoms. The number of carbonyl (C=O) groups excluding carboxylic acids is 1. The summed E-state index contributed by atoms with van der Waals surface area (Å²) in [6.07, 6.45) is 3.44. The van der Waals surface area contributed by atoms with E-state index in [1.165, 1.54) is 0 Å². The minimum Gasteiger partial charge on any atom is -0.378 e. The van der Waals surface area contributed by atoms with Crippen LogP contribution in [0.2, 0.25) is 5.02 Å². The molecule has 4 nitrogen and oxygen atoms in total. The van der Waals surface area contributed by atoms with E-state index in [1.807, 2.05) is 30.3 Å². The van der Waals surface area contributed by atoms with Crippen LogP contribution in [0.1, 0.15) is 5.56 Å². The Bertz CT molecular complexity index is 442. The molecule has 0 atom stereocenters. The Hall–Kier alpha value is -1.52. The lowest BCUT2D eigenvalue weighted by molar-refractivity contribution is 0.0540. The summed E-state index contributed by atoms with van der Waals surface area (Å²) in [6, 6.07) is 7.33. The molecular formula is C13H15ClN2O2. The SMILES string of the molecule is O=C(N/C=C/c1cccc(Cl)c1)N1CCOCC1. The average Bonchev–Trinajstić information content (AvgIpc) is 2.40. The van der Waals surface area contributed by atoms with Crippen LogP contribution in [-0.2, 0) is 4.74 Å². The fourth-order valence-corrected chi connectivity index (χ4v) is 1.88. The number of hydrogen-bond donors (Lipinski definition) is 1. The highest BCUT2D eigenvalue weighted by Gasteiger charge is 2.14. The zero-order valence-corrected chi connectivity index (χ0v) is 10.7. The number of nitrogens with one attached hydrogen (secondary N) is 1. The van der Waals surface area contributed by atoms with Gasteiger partial charge in [0.1, 0.15) is 0 Å². The monoisotopic (exact) mass is 266 g/mol. The first-order valence-corrected chi connectivity index (χ1v) is 6.19. The van der Waals surface area contributed by atoms with Crippen LogP contribution >= 0.6 is 11.6 Å². The average molecular weight is 267 g/mol. The molecular weight excluding hydrogens is 252 g/mol. The van der Waals surface area contributed by atoms with Crippen LogP contribution in [0.3, 0.4) is 0 Å². The number of morpholine rings is 1. The van der Waals surface area contributed by atoms with Gasteiger partial charge in [-0.2, -0.15) is 0 Å². The molecule has 0 unspecified atom stereocenters. The number of nitrogens with zero attached hydrogens (tertiary/aromatic N) is 1. The molecule has 1 aromatic rings. The molecule has 0 bridgehead atoms. The molecule has 1 aliphatic rings. The maximum absolute atomic E-state index is 11.7. The highest BCUT2D eigenvalue weighted by molar-refractivity contribution is 6.30. The molecule has 1 aromatic carbocycles. The largest absolute Gasteiger partial charge is 0.378 e. The van der Waals surface area contributed by atoms with Gasteiger partial charge in [0.05, 0.1) is 13.2 Å².